The first kappa shape index (κ1) is 14.0. The van der Waals surface area contributed by atoms with Gasteiger partial charge < -0.3 is 4.90 Å². The fourth-order valence-corrected chi connectivity index (χ4v) is 2.46. The monoisotopic (exact) mass is 321 g/mol. The second-order valence-electron chi connectivity index (χ2n) is 4.51. The highest BCUT2D eigenvalue weighted by Crippen LogP contribution is 2.29. The van der Waals surface area contributed by atoms with Crippen molar-refractivity contribution in [1.29, 1.82) is 0 Å². The van der Waals surface area contributed by atoms with Crippen LogP contribution in [-0.2, 0) is 9.59 Å². The van der Waals surface area contributed by atoms with Gasteiger partial charge in [-0.05, 0) is 18.1 Å². The molecule has 0 N–H and O–H groups in total. The van der Waals surface area contributed by atoms with Crippen molar-refractivity contribution in [3.8, 4) is 0 Å². The van der Waals surface area contributed by atoms with Gasteiger partial charge >= 0.3 is 0 Å². The van der Waals surface area contributed by atoms with Gasteiger partial charge in [0.05, 0.1) is 6.04 Å². The predicted octanol–water partition coefficient (Wildman–Crippen LogP) is 3.22. The first-order valence-electron chi connectivity index (χ1n) is 6.35. The summed E-state index contributed by atoms with van der Waals surface area (Å²) in [5.41, 5.74) is 1.01. The molecule has 1 aliphatic rings. The van der Waals surface area contributed by atoms with E-state index in [1.165, 1.54) is 6.08 Å². The Bertz CT molecular complexity index is 484. The molecule has 1 heterocycles. The Hall–Kier alpha value is -1.42. The van der Waals surface area contributed by atoms with E-state index in [2.05, 4.69) is 15.9 Å². The average Bonchev–Trinajstić information content (AvgIpc) is 2.45. The van der Waals surface area contributed by atoms with E-state index in [1.807, 2.05) is 30.3 Å². The Morgan fingerprint density at radius 3 is 2.74 bits per heavy atom. The van der Waals surface area contributed by atoms with Gasteiger partial charge in [-0.25, -0.2) is 0 Å². The molecule has 0 saturated heterocycles. The van der Waals surface area contributed by atoms with Crippen molar-refractivity contribution in [2.45, 2.75) is 25.3 Å². The van der Waals surface area contributed by atoms with Gasteiger partial charge in [0.25, 0.3) is 0 Å². The Balaban J connectivity index is 2.21. The standard InChI is InChI=1S/C15H16BrNO2/c16-9-4-7-15(19)17-10-8-13(18)11-14(17)12-5-2-1-3-6-12/h1-3,5-6,8,10,14H,4,7,9,11H2. The number of hydrogen-bond acceptors (Lipinski definition) is 2. The fourth-order valence-electron chi connectivity index (χ4n) is 2.18. The van der Waals surface area contributed by atoms with Crippen molar-refractivity contribution < 1.29 is 9.59 Å². The minimum atomic E-state index is -0.165. The molecule has 0 aliphatic carbocycles. The first-order chi connectivity index (χ1) is 9.22. The van der Waals surface area contributed by atoms with E-state index in [0.717, 1.165) is 17.3 Å². The highest BCUT2D eigenvalue weighted by atomic mass is 79.9. The van der Waals surface area contributed by atoms with Crippen LogP contribution in [0.5, 0.6) is 0 Å². The molecule has 0 spiro atoms. The van der Waals surface area contributed by atoms with Crippen LogP contribution in [0.15, 0.2) is 42.6 Å². The molecule has 0 fully saturated rings. The van der Waals surface area contributed by atoms with E-state index in [0.29, 0.717) is 12.8 Å². The number of alkyl halides is 1. The molecule has 3 nitrogen and oxygen atoms in total. The van der Waals surface area contributed by atoms with Crippen LogP contribution in [-0.4, -0.2) is 21.9 Å². The van der Waals surface area contributed by atoms with E-state index in [1.54, 1.807) is 11.1 Å². The normalized spacial score (nSPS) is 18.7. The van der Waals surface area contributed by atoms with Crippen LogP contribution in [0.1, 0.15) is 30.9 Å². The molecule has 1 amide bonds. The Morgan fingerprint density at radius 1 is 1.32 bits per heavy atom. The van der Waals surface area contributed by atoms with Gasteiger partial charge in [-0.3, -0.25) is 9.59 Å². The summed E-state index contributed by atoms with van der Waals surface area (Å²) in [4.78, 5) is 25.5. The zero-order valence-corrected chi connectivity index (χ0v) is 12.2. The second-order valence-corrected chi connectivity index (χ2v) is 5.30. The second kappa shape index (κ2) is 6.66. The van der Waals surface area contributed by atoms with Crippen LogP contribution in [0.25, 0.3) is 0 Å². The number of carbonyl (C=O) groups excluding carboxylic acids is 2. The Morgan fingerprint density at radius 2 is 2.05 bits per heavy atom. The third kappa shape index (κ3) is 3.53. The number of benzene rings is 1. The molecule has 2 rings (SSSR count). The number of hydrogen-bond donors (Lipinski definition) is 0. The summed E-state index contributed by atoms with van der Waals surface area (Å²) in [5, 5.41) is 0.811. The Labute approximate surface area is 121 Å². The number of rotatable bonds is 4. The van der Waals surface area contributed by atoms with Crippen LogP contribution in [0.4, 0.5) is 0 Å². The topological polar surface area (TPSA) is 37.4 Å². The summed E-state index contributed by atoms with van der Waals surface area (Å²) in [6.07, 6.45) is 4.78. The third-order valence-corrected chi connectivity index (χ3v) is 3.71. The van der Waals surface area contributed by atoms with Crippen molar-refractivity contribution in [3.05, 3.63) is 48.2 Å². The molecule has 0 radical (unpaired) electrons. The molecule has 1 aliphatic heterocycles. The lowest BCUT2D eigenvalue weighted by atomic mass is 9.97. The zero-order valence-electron chi connectivity index (χ0n) is 10.6. The van der Waals surface area contributed by atoms with Crippen LogP contribution in [0, 0.1) is 0 Å². The lowest BCUT2D eigenvalue weighted by Crippen LogP contribution is -2.34. The predicted molar refractivity (Wildman–Crippen MR) is 77.8 cm³/mol. The van der Waals surface area contributed by atoms with Gasteiger partial charge in [0.2, 0.25) is 5.91 Å². The van der Waals surface area contributed by atoms with Crippen LogP contribution in [0.2, 0.25) is 0 Å². The third-order valence-electron chi connectivity index (χ3n) is 3.15. The van der Waals surface area contributed by atoms with Gasteiger partial charge in [0, 0.05) is 24.4 Å². The fraction of sp³-hybridized carbons (Fsp3) is 0.333. The van der Waals surface area contributed by atoms with Crippen molar-refractivity contribution in [2.75, 3.05) is 5.33 Å². The number of ketones is 1. The lowest BCUT2D eigenvalue weighted by Gasteiger charge is -2.31. The van der Waals surface area contributed by atoms with E-state index < -0.39 is 0 Å². The molecule has 1 atom stereocenters. The van der Waals surface area contributed by atoms with Crippen molar-refractivity contribution >= 4 is 27.6 Å². The molecule has 0 saturated carbocycles. The summed E-state index contributed by atoms with van der Waals surface area (Å²) < 4.78 is 0. The number of allylic oxidation sites excluding steroid dienone is 1. The molecule has 1 aromatic carbocycles. The van der Waals surface area contributed by atoms with Crippen LogP contribution >= 0.6 is 15.9 Å². The summed E-state index contributed by atoms with van der Waals surface area (Å²) in [7, 11) is 0. The molecule has 0 bridgehead atoms. The number of amides is 1. The molecule has 19 heavy (non-hydrogen) atoms. The quantitative estimate of drug-likeness (QED) is 0.798. The molecule has 0 aromatic heterocycles. The van der Waals surface area contributed by atoms with Crippen molar-refractivity contribution in [2.24, 2.45) is 0 Å². The molecular formula is C15H16BrNO2. The summed E-state index contributed by atoms with van der Waals surface area (Å²) in [5.74, 6) is 0.135. The maximum Gasteiger partial charge on any atom is 0.227 e. The SMILES string of the molecule is O=C1C=CN(C(=O)CCCBr)C(c2ccccc2)C1. The van der Waals surface area contributed by atoms with E-state index in [4.69, 9.17) is 0 Å². The lowest BCUT2D eigenvalue weighted by molar-refractivity contribution is -0.132. The van der Waals surface area contributed by atoms with Crippen molar-refractivity contribution in [3.63, 3.8) is 0 Å². The summed E-state index contributed by atoms with van der Waals surface area (Å²) in [6.45, 7) is 0. The number of nitrogens with zero attached hydrogens (tertiary/aromatic N) is 1. The Kier molecular flexibility index (Phi) is 4.91. The van der Waals surface area contributed by atoms with Gasteiger partial charge in [0.1, 0.15) is 0 Å². The molecule has 1 unspecified atom stereocenters. The van der Waals surface area contributed by atoms with E-state index in [9.17, 15) is 9.59 Å². The number of halogens is 1. The van der Waals surface area contributed by atoms with E-state index >= 15 is 0 Å². The smallest absolute Gasteiger partial charge is 0.227 e. The highest BCUT2D eigenvalue weighted by molar-refractivity contribution is 9.09. The van der Waals surface area contributed by atoms with Gasteiger partial charge in [-0.15, -0.1) is 0 Å². The summed E-state index contributed by atoms with van der Waals surface area (Å²) in [6, 6.07) is 9.55. The zero-order chi connectivity index (χ0) is 13.7. The number of carbonyl (C=O) groups is 2. The highest BCUT2D eigenvalue weighted by Gasteiger charge is 2.27. The largest absolute Gasteiger partial charge is 0.311 e. The summed E-state index contributed by atoms with van der Waals surface area (Å²) >= 11 is 3.33. The van der Waals surface area contributed by atoms with Gasteiger partial charge in [-0.2, -0.15) is 0 Å². The minimum absolute atomic E-state index is 0.0667. The van der Waals surface area contributed by atoms with Gasteiger partial charge in [0.15, 0.2) is 5.78 Å². The minimum Gasteiger partial charge on any atom is -0.311 e. The first-order valence-corrected chi connectivity index (χ1v) is 7.47. The van der Waals surface area contributed by atoms with Gasteiger partial charge in [-0.1, -0.05) is 46.3 Å². The maximum atomic E-state index is 12.2. The maximum absolute atomic E-state index is 12.2. The molecule has 4 heteroatoms. The van der Waals surface area contributed by atoms with E-state index in [-0.39, 0.29) is 17.7 Å². The molecule has 1 aromatic rings. The molecule has 100 valence electrons. The van der Waals surface area contributed by atoms with Crippen LogP contribution < -0.4 is 0 Å². The molecular weight excluding hydrogens is 306 g/mol. The van der Waals surface area contributed by atoms with Crippen molar-refractivity contribution in [1.82, 2.24) is 4.90 Å². The van der Waals surface area contributed by atoms with Crippen LogP contribution in [0.3, 0.4) is 0 Å². The average molecular weight is 322 g/mol.